The zero-order valence-corrected chi connectivity index (χ0v) is 26.1. The number of benzene rings is 3. The Bertz CT molecular complexity index is 2190. The van der Waals surface area contributed by atoms with Crippen molar-refractivity contribution in [3.63, 3.8) is 0 Å². The highest BCUT2D eigenvalue weighted by atomic mass is 32.2. The number of hydrogen-bond donors (Lipinski definition) is 0. The molecule has 0 saturated carbocycles. The maximum atomic E-state index is 14.9. The molecule has 6 aromatic rings. The minimum absolute atomic E-state index is 0.0474. The number of pyridine rings is 1. The average Bonchev–Trinajstić information content (AvgIpc) is 3.52. The molecule has 13 heteroatoms. The second-order valence-electron chi connectivity index (χ2n) is 10.7. The summed E-state index contributed by atoms with van der Waals surface area (Å²) >= 11 is 1.07. The Morgan fingerprint density at radius 3 is 2.46 bits per heavy atom. The van der Waals surface area contributed by atoms with E-state index >= 15 is 0 Å². The molecule has 0 amide bonds. The zero-order valence-electron chi connectivity index (χ0n) is 24.5. The monoisotopic (exact) mass is 659 g/mol. The van der Waals surface area contributed by atoms with Gasteiger partial charge in [-0.25, -0.2) is 27.2 Å². The highest BCUT2D eigenvalue weighted by Crippen LogP contribution is 2.26. The van der Waals surface area contributed by atoms with Crippen LogP contribution in [0.5, 0.6) is 0 Å². The largest absolute Gasteiger partial charge is 0.369 e. The quantitative estimate of drug-likeness (QED) is 0.154. The van der Waals surface area contributed by atoms with Gasteiger partial charge in [0.25, 0.3) is 5.56 Å². The number of ether oxygens (including phenoxy) is 1. The van der Waals surface area contributed by atoms with E-state index < -0.39 is 38.3 Å². The average molecular weight is 660 g/mol. The smallest absolute Gasteiger partial charge is 0.286 e. The summed E-state index contributed by atoms with van der Waals surface area (Å²) in [4.78, 5) is 21.2. The van der Waals surface area contributed by atoms with Crippen molar-refractivity contribution in [3.05, 3.63) is 135 Å². The lowest BCUT2D eigenvalue weighted by Gasteiger charge is -2.19. The van der Waals surface area contributed by atoms with Gasteiger partial charge in [0.15, 0.2) is 5.82 Å². The molecule has 9 nitrogen and oxygen atoms in total. The molecule has 0 N–H and O–H groups in total. The van der Waals surface area contributed by atoms with Crippen LogP contribution in [0, 0.1) is 18.6 Å². The molecule has 0 spiro atoms. The Kier molecular flexibility index (Phi) is 9.06. The number of nitrogens with zero attached hydrogens (tertiary/aromatic N) is 5. The van der Waals surface area contributed by atoms with Crippen molar-refractivity contribution in [2.75, 3.05) is 5.75 Å². The fourth-order valence-electron chi connectivity index (χ4n) is 4.98. The SMILES string of the molecule is Cc1cc(-c2cc(F)c(=O)n(Cc3ccc4nsnc4c3)c2)nc(S(=O)(=O)CCC(OCc2ccccc2F)c2ccccc2)n1. The number of fused-ring (bicyclic) bond motifs is 1. The van der Waals surface area contributed by atoms with Gasteiger partial charge in [0.2, 0.25) is 15.0 Å². The summed E-state index contributed by atoms with van der Waals surface area (Å²) in [5.74, 6) is -1.79. The highest BCUT2D eigenvalue weighted by molar-refractivity contribution is 7.91. The van der Waals surface area contributed by atoms with Gasteiger partial charge in [0.1, 0.15) is 16.9 Å². The first-order valence-corrected chi connectivity index (χ1v) is 16.6. The van der Waals surface area contributed by atoms with Crippen LogP contribution in [0.3, 0.4) is 0 Å². The van der Waals surface area contributed by atoms with Crippen molar-refractivity contribution in [2.45, 2.75) is 37.8 Å². The van der Waals surface area contributed by atoms with E-state index in [-0.39, 0.29) is 36.6 Å². The Morgan fingerprint density at radius 2 is 1.65 bits per heavy atom. The molecule has 0 radical (unpaired) electrons. The van der Waals surface area contributed by atoms with Gasteiger partial charge < -0.3 is 9.30 Å². The van der Waals surface area contributed by atoms with E-state index in [1.807, 2.05) is 30.3 Å². The molecule has 0 aliphatic rings. The molecular formula is C33H27F2N5O4S2. The number of hydrogen-bond acceptors (Lipinski definition) is 9. The van der Waals surface area contributed by atoms with Crippen LogP contribution in [-0.4, -0.2) is 37.5 Å². The molecule has 46 heavy (non-hydrogen) atoms. The predicted octanol–water partition coefficient (Wildman–Crippen LogP) is 6.07. The van der Waals surface area contributed by atoms with Gasteiger partial charge in [-0.3, -0.25) is 4.79 Å². The minimum atomic E-state index is -4.05. The molecule has 6 rings (SSSR count). The molecule has 1 unspecified atom stereocenters. The first kappa shape index (κ1) is 31.3. The molecular weight excluding hydrogens is 633 g/mol. The van der Waals surface area contributed by atoms with Crippen LogP contribution in [0.2, 0.25) is 0 Å². The van der Waals surface area contributed by atoms with Crippen molar-refractivity contribution in [2.24, 2.45) is 0 Å². The second-order valence-corrected chi connectivity index (χ2v) is 13.2. The van der Waals surface area contributed by atoms with E-state index in [1.165, 1.54) is 22.9 Å². The maximum Gasteiger partial charge on any atom is 0.286 e. The van der Waals surface area contributed by atoms with Crippen LogP contribution >= 0.6 is 11.7 Å². The number of halogens is 2. The fraction of sp³-hybridized carbons (Fsp3) is 0.182. The standard InChI is InChI=1S/C33H27F2N5O4S2/c1-21-15-29(25-17-27(35)32(41)40(19-25)18-22-11-12-28-30(16-22)39-45-38-28)37-33(36-21)46(42,43)14-13-31(23-7-3-2-4-8-23)44-20-24-9-5-6-10-26(24)34/h2-12,15-17,19,31H,13-14,18,20H2,1H3. The Balaban J connectivity index is 1.25. The highest BCUT2D eigenvalue weighted by Gasteiger charge is 2.24. The molecule has 0 bridgehead atoms. The van der Waals surface area contributed by atoms with Gasteiger partial charge in [0, 0.05) is 23.0 Å². The fourth-order valence-corrected chi connectivity index (χ4v) is 6.73. The van der Waals surface area contributed by atoms with Crippen molar-refractivity contribution in [1.29, 1.82) is 0 Å². The van der Waals surface area contributed by atoms with Crippen molar-refractivity contribution in [3.8, 4) is 11.3 Å². The number of sulfone groups is 1. The van der Waals surface area contributed by atoms with Crippen molar-refractivity contribution < 1.29 is 21.9 Å². The van der Waals surface area contributed by atoms with Crippen LogP contribution < -0.4 is 5.56 Å². The summed E-state index contributed by atoms with van der Waals surface area (Å²) in [6.07, 6.45) is 0.831. The first-order chi connectivity index (χ1) is 22.2. The maximum absolute atomic E-state index is 14.9. The van der Waals surface area contributed by atoms with Gasteiger partial charge in [-0.15, -0.1) is 0 Å². The number of rotatable bonds is 11. The van der Waals surface area contributed by atoms with Crippen LogP contribution in [0.1, 0.15) is 34.9 Å². The molecule has 0 aliphatic carbocycles. The third-order valence-corrected chi connectivity index (χ3v) is 9.41. The van der Waals surface area contributed by atoms with Crippen molar-refractivity contribution in [1.82, 2.24) is 23.3 Å². The van der Waals surface area contributed by atoms with Crippen LogP contribution in [-0.2, 0) is 27.7 Å². The Labute approximate surface area is 267 Å². The van der Waals surface area contributed by atoms with Gasteiger partial charge in [0.05, 0.1) is 42.4 Å². The lowest BCUT2D eigenvalue weighted by molar-refractivity contribution is 0.0361. The molecule has 0 aliphatic heterocycles. The van der Waals surface area contributed by atoms with Crippen LogP contribution in [0.4, 0.5) is 8.78 Å². The number of aromatic nitrogens is 5. The lowest BCUT2D eigenvalue weighted by atomic mass is 10.1. The summed E-state index contributed by atoms with van der Waals surface area (Å²) in [5.41, 5.74) is 3.07. The third kappa shape index (κ3) is 7.06. The minimum Gasteiger partial charge on any atom is -0.369 e. The van der Waals surface area contributed by atoms with Gasteiger partial charge in [-0.05, 0) is 54.8 Å². The van der Waals surface area contributed by atoms with Gasteiger partial charge in [-0.1, -0.05) is 54.6 Å². The molecule has 1 atom stereocenters. The van der Waals surface area contributed by atoms with Gasteiger partial charge >= 0.3 is 0 Å². The van der Waals surface area contributed by atoms with Gasteiger partial charge in [-0.2, -0.15) is 8.75 Å². The molecule has 3 aromatic heterocycles. The van der Waals surface area contributed by atoms with Crippen LogP contribution in [0.25, 0.3) is 22.3 Å². The van der Waals surface area contributed by atoms with E-state index in [9.17, 15) is 22.0 Å². The summed E-state index contributed by atoms with van der Waals surface area (Å²) in [5, 5.41) is -0.428. The van der Waals surface area contributed by atoms with Crippen molar-refractivity contribution >= 4 is 32.6 Å². The first-order valence-electron chi connectivity index (χ1n) is 14.3. The normalized spacial score (nSPS) is 12.4. The lowest BCUT2D eigenvalue weighted by Crippen LogP contribution is -2.23. The number of aryl methyl sites for hydroxylation is 1. The molecule has 234 valence electrons. The predicted molar refractivity (Wildman–Crippen MR) is 170 cm³/mol. The molecule has 0 fully saturated rings. The summed E-state index contributed by atoms with van der Waals surface area (Å²) in [7, 11) is -4.05. The van der Waals surface area contributed by atoms with E-state index in [1.54, 1.807) is 43.3 Å². The topological polar surface area (TPSA) is 117 Å². The molecule has 3 aromatic carbocycles. The Hall–Kier alpha value is -4.72. The third-order valence-electron chi connectivity index (χ3n) is 7.34. The zero-order chi connectivity index (χ0) is 32.3. The van der Waals surface area contributed by atoms with Crippen LogP contribution in [0.15, 0.2) is 101 Å². The van der Waals surface area contributed by atoms with E-state index in [0.29, 0.717) is 22.3 Å². The van der Waals surface area contributed by atoms with E-state index in [0.717, 1.165) is 28.9 Å². The van der Waals surface area contributed by atoms with E-state index in [4.69, 9.17) is 4.74 Å². The summed E-state index contributed by atoms with van der Waals surface area (Å²) in [6, 6.07) is 23.2. The molecule has 3 heterocycles. The summed E-state index contributed by atoms with van der Waals surface area (Å²) in [6.45, 7) is 1.62. The van der Waals surface area contributed by atoms with E-state index in [2.05, 4.69) is 18.7 Å². The molecule has 0 saturated heterocycles. The Morgan fingerprint density at radius 1 is 0.891 bits per heavy atom. The summed E-state index contributed by atoms with van der Waals surface area (Å²) < 4.78 is 71.9. The second kappa shape index (κ2) is 13.3.